The van der Waals surface area contributed by atoms with Crippen molar-refractivity contribution in [1.29, 1.82) is 0 Å². The molecule has 0 N–H and O–H groups in total. The third-order valence-corrected chi connectivity index (χ3v) is 2.61. The molecule has 0 aliphatic heterocycles. The van der Waals surface area contributed by atoms with Gasteiger partial charge in [-0.2, -0.15) is 0 Å². The molecule has 18 heavy (non-hydrogen) atoms. The van der Waals surface area contributed by atoms with E-state index in [0.717, 1.165) is 18.2 Å². The Hall–Kier alpha value is -1.98. The highest BCUT2D eigenvalue weighted by Crippen LogP contribution is 2.19. The molecule has 0 amide bonds. The second kappa shape index (κ2) is 5.57. The highest BCUT2D eigenvalue weighted by Gasteiger charge is 2.21. The maximum Gasteiger partial charge on any atom is 0.341 e. The van der Waals surface area contributed by atoms with Crippen LogP contribution in [0.1, 0.15) is 31.1 Å². The summed E-state index contributed by atoms with van der Waals surface area (Å²) in [5.74, 6) is -1.64. The van der Waals surface area contributed by atoms with E-state index in [9.17, 15) is 19.3 Å². The van der Waals surface area contributed by atoms with Crippen molar-refractivity contribution in [3.8, 4) is 0 Å². The van der Waals surface area contributed by atoms with Gasteiger partial charge < -0.3 is 4.74 Å². The van der Waals surface area contributed by atoms with Crippen molar-refractivity contribution in [1.82, 2.24) is 0 Å². The number of benzene rings is 1. The number of nitro benzene ring substituents is 1. The highest BCUT2D eigenvalue weighted by atomic mass is 19.1. The largest absolute Gasteiger partial charge is 0.459 e. The van der Waals surface area contributed by atoms with Gasteiger partial charge in [-0.15, -0.1) is 0 Å². The van der Waals surface area contributed by atoms with Crippen LogP contribution in [0.4, 0.5) is 10.1 Å². The minimum absolute atomic E-state index is 0.0794. The van der Waals surface area contributed by atoms with Crippen molar-refractivity contribution in [2.45, 2.75) is 26.9 Å². The summed E-state index contributed by atoms with van der Waals surface area (Å²) in [6.45, 7) is 5.38. The minimum Gasteiger partial charge on any atom is -0.459 e. The zero-order valence-electron chi connectivity index (χ0n) is 10.3. The Labute approximate surface area is 104 Å². The molecule has 0 fully saturated rings. The summed E-state index contributed by atoms with van der Waals surface area (Å²) in [5, 5.41) is 10.5. The second-order valence-corrected chi connectivity index (χ2v) is 4.28. The second-order valence-electron chi connectivity index (χ2n) is 4.28. The van der Waals surface area contributed by atoms with Gasteiger partial charge in [-0.05, 0) is 18.9 Å². The molecule has 1 aromatic carbocycles. The van der Waals surface area contributed by atoms with Gasteiger partial charge in [0.25, 0.3) is 5.69 Å². The van der Waals surface area contributed by atoms with Crippen LogP contribution in [-0.4, -0.2) is 17.0 Å². The molecule has 1 unspecified atom stereocenters. The standard InChI is InChI=1S/C12H14FNO4/c1-7(2)8(3)18-12(15)10-6-9(14(16)17)4-5-11(10)13/h4-8H,1-3H3. The molecule has 0 aliphatic carbocycles. The summed E-state index contributed by atoms with van der Waals surface area (Å²) >= 11 is 0. The zero-order chi connectivity index (χ0) is 13.9. The number of carbonyl (C=O) groups excluding carboxylic acids is 1. The molecule has 0 saturated heterocycles. The first kappa shape index (κ1) is 14.1. The lowest BCUT2D eigenvalue weighted by atomic mass is 10.1. The van der Waals surface area contributed by atoms with Gasteiger partial charge >= 0.3 is 5.97 Å². The molecule has 0 bridgehead atoms. The van der Waals surface area contributed by atoms with E-state index < -0.39 is 28.4 Å². The number of carbonyl (C=O) groups is 1. The van der Waals surface area contributed by atoms with Gasteiger partial charge in [0.2, 0.25) is 0 Å². The molecular weight excluding hydrogens is 241 g/mol. The van der Waals surface area contributed by atoms with E-state index in [4.69, 9.17) is 4.74 Å². The molecule has 0 saturated carbocycles. The van der Waals surface area contributed by atoms with Crippen LogP contribution < -0.4 is 0 Å². The lowest BCUT2D eigenvalue weighted by Crippen LogP contribution is -2.21. The molecule has 1 atom stereocenters. The molecule has 6 heteroatoms. The molecular formula is C12H14FNO4. The molecule has 0 heterocycles. The molecule has 1 rings (SSSR count). The lowest BCUT2D eigenvalue weighted by Gasteiger charge is -2.16. The Morgan fingerprint density at radius 2 is 2.00 bits per heavy atom. The maximum atomic E-state index is 13.4. The van der Waals surface area contributed by atoms with Gasteiger partial charge in [-0.3, -0.25) is 10.1 Å². The van der Waals surface area contributed by atoms with E-state index in [-0.39, 0.29) is 11.6 Å². The van der Waals surface area contributed by atoms with E-state index in [0.29, 0.717) is 0 Å². The van der Waals surface area contributed by atoms with Crippen LogP contribution in [0.15, 0.2) is 18.2 Å². The monoisotopic (exact) mass is 255 g/mol. The van der Waals surface area contributed by atoms with Gasteiger partial charge in [-0.1, -0.05) is 13.8 Å². The Morgan fingerprint density at radius 1 is 1.39 bits per heavy atom. The van der Waals surface area contributed by atoms with Gasteiger partial charge in [0.15, 0.2) is 0 Å². The number of esters is 1. The van der Waals surface area contributed by atoms with Crippen LogP contribution in [-0.2, 0) is 4.74 Å². The third-order valence-electron chi connectivity index (χ3n) is 2.61. The Balaban J connectivity index is 2.98. The van der Waals surface area contributed by atoms with Crippen molar-refractivity contribution in [3.63, 3.8) is 0 Å². The van der Waals surface area contributed by atoms with E-state index >= 15 is 0 Å². The molecule has 5 nitrogen and oxygen atoms in total. The molecule has 0 spiro atoms. The average molecular weight is 255 g/mol. The van der Waals surface area contributed by atoms with Crippen LogP contribution in [0, 0.1) is 21.8 Å². The molecule has 1 aromatic rings. The SMILES string of the molecule is CC(C)C(C)OC(=O)c1cc([N+](=O)[O-])ccc1F. The number of non-ortho nitro benzene ring substituents is 1. The normalized spacial score (nSPS) is 12.3. The van der Waals surface area contributed by atoms with Gasteiger partial charge in [-0.25, -0.2) is 9.18 Å². The van der Waals surface area contributed by atoms with Crippen molar-refractivity contribution in [3.05, 3.63) is 39.7 Å². The number of hydrogen-bond donors (Lipinski definition) is 0. The topological polar surface area (TPSA) is 69.4 Å². The van der Waals surface area contributed by atoms with Gasteiger partial charge in [0.05, 0.1) is 4.92 Å². The Bertz CT molecular complexity index is 473. The minimum atomic E-state index is -0.891. The van der Waals surface area contributed by atoms with Gasteiger partial charge in [0, 0.05) is 12.1 Å². The summed E-state index contributed by atoms with van der Waals surface area (Å²) in [6, 6.07) is 2.76. The number of nitro groups is 1. The number of ether oxygens (including phenoxy) is 1. The van der Waals surface area contributed by atoms with E-state index in [1.807, 2.05) is 13.8 Å². The van der Waals surface area contributed by atoms with Crippen molar-refractivity contribution >= 4 is 11.7 Å². The first-order valence-corrected chi connectivity index (χ1v) is 5.48. The maximum absolute atomic E-state index is 13.4. The summed E-state index contributed by atoms with van der Waals surface area (Å²) in [6.07, 6.45) is -0.392. The predicted molar refractivity (Wildman–Crippen MR) is 62.8 cm³/mol. The molecule has 0 aliphatic rings. The first-order valence-electron chi connectivity index (χ1n) is 5.48. The number of rotatable bonds is 4. The smallest absolute Gasteiger partial charge is 0.341 e. The molecule has 0 radical (unpaired) electrons. The quantitative estimate of drug-likeness (QED) is 0.471. The average Bonchev–Trinajstić information content (AvgIpc) is 2.28. The van der Waals surface area contributed by atoms with Gasteiger partial charge in [0.1, 0.15) is 17.5 Å². The van der Waals surface area contributed by atoms with Crippen LogP contribution in [0.2, 0.25) is 0 Å². The van der Waals surface area contributed by atoms with Crippen molar-refractivity contribution in [2.75, 3.05) is 0 Å². The summed E-state index contributed by atoms with van der Waals surface area (Å²) in [5.41, 5.74) is -0.766. The van der Waals surface area contributed by atoms with E-state index in [1.54, 1.807) is 6.92 Å². The number of nitrogens with zero attached hydrogens (tertiary/aromatic N) is 1. The highest BCUT2D eigenvalue weighted by molar-refractivity contribution is 5.90. The van der Waals surface area contributed by atoms with Crippen molar-refractivity contribution in [2.24, 2.45) is 5.92 Å². The summed E-state index contributed by atoms with van der Waals surface area (Å²) < 4.78 is 18.4. The van der Waals surface area contributed by atoms with Crippen LogP contribution in [0.25, 0.3) is 0 Å². The number of halogens is 1. The molecule has 0 aromatic heterocycles. The first-order chi connectivity index (χ1) is 8.32. The fraction of sp³-hybridized carbons (Fsp3) is 0.417. The predicted octanol–water partition coefficient (Wildman–Crippen LogP) is 2.94. The van der Waals surface area contributed by atoms with E-state index in [1.165, 1.54) is 0 Å². The van der Waals surface area contributed by atoms with Crippen molar-refractivity contribution < 1.29 is 18.8 Å². The number of hydrogen-bond acceptors (Lipinski definition) is 4. The lowest BCUT2D eigenvalue weighted by molar-refractivity contribution is -0.384. The Morgan fingerprint density at radius 3 is 2.50 bits per heavy atom. The fourth-order valence-corrected chi connectivity index (χ4v) is 1.15. The molecule has 98 valence electrons. The van der Waals surface area contributed by atoms with Crippen LogP contribution >= 0.6 is 0 Å². The summed E-state index contributed by atoms with van der Waals surface area (Å²) in [4.78, 5) is 21.5. The Kier molecular flexibility index (Phi) is 4.36. The summed E-state index contributed by atoms with van der Waals surface area (Å²) in [7, 11) is 0. The van der Waals surface area contributed by atoms with E-state index in [2.05, 4.69) is 0 Å². The zero-order valence-corrected chi connectivity index (χ0v) is 10.3. The van der Waals surface area contributed by atoms with Crippen LogP contribution in [0.5, 0.6) is 0 Å². The van der Waals surface area contributed by atoms with Crippen LogP contribution in [0.3, 0.4) is 0 Å². The fourth-order valence-electron chi connectivity index (χ4n) is 1.15. The third kappa shape index (κ3) is 3.26.